The van der Waals surface area contributed by atoms with Gasteiger partial charge in [0.25, 0.3) is 0 Å². The molecule has 0 atom stereocenters. The molecular weight excluding hydrogens is 224 g/mol. The second kappa shape index (κ2) is 5.50. The summed E-state index contributed by atoms with van der Waals surface area (Å²) in [5.74, 6) is 0.821. The molecule has 0 saturated heterocycles. The van der Waals surface area contributed by atoms with E-state index in [1.807, 2.05) is 56.3 Å². The van der Waals surface area contributed by atoms with Crippen molar-refractivity contribution in [1.82, 2.24) is 0 Å². The molecule has 0 aliphatic heterocycles. The van der Waals surface area contributed by atoms with E-state index in [1.165, 1.54) is 0 Å². The molecule has 0 aromatic heterocycles. The molecular formula is C16H16O2. The molecule has 0 spiro atoms. The molecule has 2 aromatic carbocycles. The summed E-state index contributed by atoms with van der Waals surface area (Å²) in [6.07, 6.45) is 0.140. The van der Waals surface area contributed by atoms with Gasteiger partial charge < -0.3 is 4.74 Å². The molecule has 0 unspecified atom stereocenters. The van der Waals surface area contributed by atoms with Crippen molar-refractivity contribution < 1.29 is 9.53 Å². The number of hydrogen-bond donors (Lipinski definition) is 0. The Bertz CT molecular complexity index is 513. The minimum absolute atomic E-state index is 0.0340. The normalized spacial score (nSPS) is 10.4. The van der Waals surface area contributed by atoms with Crippen LogP contribution in [0.4, 0.5) is 0 Å². The van der Waals surface area contributed by atoms with Crippen LogP contribution in [0.2, 0.25) is 0 Å². The Morgan fingerprint density at radius 3 is 2.00 bits per heavy atom. The molecule has 0 N–H and O–H groups in total. The van der Waals surface area contributed by atoms with Crippen LogP contribution in [0.25, 0.3) is 0 Å². The predicted molar refractivity (Wildman–Crippen MR) is 72.1 cm³/mol. The third kappa shape index (κ3) is 2.98. The molecule has 2 nitrogen and oxygen atoms in total. The number of hydrogen-bond acceptors (Lipinski definition) is 2. The van der Waals surface area contributed by atoms with Gasteiger partial charge in [-0.3, -0.25) is 4.79 Å². The van der Waals surface area contributed by atoms with E-state index in [1.54, 1.807) is 12.1 Å². The first-order chi connectivity index (χ1) is 8.66. The zero-order valence-corrected chi connectivity index (χ0v) is 10.6. The van der Waals surface area contributed by atoms with Gasteiger partial charge in [0.05, 0.1) is 6.10 Å². The Labute approximate surface area is 107 Å². The first-order valence-electron chi connectivity index (χ1n) is 6.03. The zero-order valence-electron chi connectivity index (χ0n) is 10.6. The van der Waals surface area contributed by atoms with Gasteiger partial charge in [-0.2, -0.15) is 0 Å². The quantitative estimate of drug-likeness (QED) is 0.761. The van der Waals surface area contributed by atoms with Crippen LogP contribution in [0, 0.1) is 0 Å². The van der Waals surface area contributed by atoms with Crippen LogP contribution in [0.5, 0.6) is 5.75 Å². The van der Waals surface area contributed by atoms with Gasteiger partial charge in [-0.1, -0.05) is 30.3 Å². The topological polar surface area (TPSA) is 26.3 Å². The maximum absolute atomic E-state index is 12.1. The van der Waals surface area contributed by atoms with Crippen LogP contribution in [0.3, 0.4) is 0 Å². The van der Waals surface area contributed by atoms with Crippen molar-refractivity contribution in [3.8, 4) is 5.75 Å². The summed E-state index contributed by atoms with van der Waals surface area (Å²) in [5, 5.41) is 0. The summed E-state index contributed by atoms with van der Waals surface area (Å²) in [7, 11) is 0. The SMILES string of the molecule is CC(C)Oc1ccc(C(=O)c2ccccc2)cc1. The van der Waals surface area contributed by atoms with E-state index in [0.29, 0.717) is 11.1 Å². The monoisotopic (exact) mass is 240 g/mol. The number of carbonyl (C=O) groups excluding carboxylic acids is 1. The van der Waals surface area contributed by atoms with Crippen molar-refractivity contribution in [3.63, 3.8) is 0 Å². The molecule has 2 aromatic rings. The number of carbonyl (C=O) groups is 1. The second-order valence-corrected chi connectivity index (χ2v) is 4.39. The predicted octanol–water partition coefficient (Wildman–Crippen LogP) is 3.70. The molecule has 18 heavy (non-hydrogen) atoms. The van der Waals surface area contributed by atoms with Gasteiger partial charge in [0.2, 0.25) is 0 Å². The highest BCUT2D eigenvalue weighted by Crippen LogP contribution is 2.16. The van der Waals surface area contributed by atoms with Crippen molar-refractivity contribution in [2.75, 3.05) is 0 Å². The first-order valence-corrected chi connectivity index (χ1v) is 6.03. The summed E-state index contributed by atoms with van der Waals surface area (Å²) in [6.45, 7) is 3.95. The number of ether oxygens (including phenoxy) is 1. The van der Waals surface area contributed by atoms with E-state index in [0.717, 1.165) is 5.75 Å². The molecule has 0 aliphatic carbocycles. The minimum atomic E-state index is 0.0340. The highest BCUT2D eigenvalue weighted by molar-refractivity contribution is 6.08. The third-order valence-corrected chi connectivity index (χ3v) is 2.52. The summed E-state index contributed by atoms with van der Waals surface area (Å²) in [6, 6.07) is 16.5. The molecule has 2 heteroatoms. The summed E-state index contributed by atoms with van der Waals surface area (Å²) in [4.78, 5) is 12.1. The average molecular weight is 240 g/mol. The van der Waals surface area contributed by atoms with Gasteiger partial charge >= 0.3 is 0 Å². The standard InChI is InChI=1S/C16H16O2/c1-12(2)18-15-10-8-14(9-11-15)16(17)13-6-4-3-5-7-13/h3-12H,1-2H3. The lowest BCUT2D eigenvalue weighted by Gasteiger charge is -2.09. The zero-order chi connectivity index (χ0) is 13.0. The van der Waals surface area contributed by atoms with Gasteiger partial charge in [0.1, 0.15) is 5.75 Å². The van der Waals surface area contributed by atoms with Gasteiger partial charge in [-0.05, 0) is 38.1 Å². The molecule has 0 saturated carbocycles. The fourth-order valence-electron chi connectivity index (χ4n) is 1.71. The second-order valence-electron chi connectivity index (χ2n) is 4.39. The van der Waals surface area contributed by atoms with E-state index >= 15 is 0 Å². The minimum Gasteiger partial charge on any atom is -0.491 e. The molecule has 0 bridgehead atoms. The van der Waals surface area contributed by atoms with E-state index in [-0.39, 0.29) is 11.9 Å². The van der Waals surface area contributed by atoms with Crippen LogP contribution in [-0.4, -0.2) is 11.9 Å². The van der Waals surface area contributed by atoms with Gasteiger partial charge in [0.15, 0.2) is 5.78 Å². The molecule has 0 amide bonds. The van der Waals surface area contributed by atoms with Gasteiger partial charge in [0, 0.05) is 11.1 Å². The third-order valence-electron chi connectivity index (χ3n) is 2.52. The molecule has 92 valence electrons. The Hall–Kier alpha value is -2.09. The highest BCUT2D eigenvalue weighted by atomic mass is 16.5. The molecule has 0 radical (unpaired) electrons. The van der Waals surface area contributed by atoms with Crippen molar-refractivity contribution in [3.05, 3.63) is 65.7 Å². The Morgan fingerprint density at radius 1 is 0.889 bits per heavy atom. The fraction of sp³-hybridized carbons (Fsp3) is 0.188. The van der Waals surface area contributed by atoms with Crippen LogP contribution in [0.15, 0.2) is 54.6 Å². The Balaban J connectivity index is 2.17. The van der Waals surface area contributed by atoms with Crippen LogP contribution in [-0.2, 0) is 0 Å². The lowest BCUT2D eigenvalue weighted by Crippen LogP contribution is -2.06. The smallest absolute Gasteiger partial charge is 0.193 e. The van der Waals surface area contributed by atoms with E-state index in [4.69, 9.17) is 4.74 Å². The molecule has 0 heterocycles. The van der Waals surface area contributed by atoms with Crippen LogP contribution < -0.4 is 4.74 Å². The van der Waals surface area contributed by atoms with Crippen LogP contribution in [0.1, 0.15) is 29.8 Å². The van der Waals surface area contributed by atoms with Gasteiger partial charge in [-0.25, -0.2) is 0 Å². The van der Waals surface area contributed by atoms with Crippen molar-refractivity contribution >= 4 is 5.78 Å². The van der Waals surface area contributed by atoms with E-state index < -0.39 is 0 Å². The summed E-state index contributed by atoms with van der Waals surface area (Å²) in [5.41, 5.74) is 1.38. The molecule has 0 fully saturated rings. The van der Waals surface area contributed by atoms with Crippen molar-refractivity contribution in [2.45, 2.75) is 20.0 Å². The Kier molecular flexibility index (Phi) is 3.78. The van der Waals surface area contributed by atoms with E-state index in [9.17, 15) is 4.79 Å². The summed E-state index contributed by atoms with van der Waals surface area (Å²) >= 11 is 0. The largest absolute Gasteiger partial charge is 0.491 e. The maximum atomic E-state index is 12.1. The maximum Gasteiger partial charge on any atom is 0.193 e. The summed E-state index contributed by atoms with van der Waals surface area (Å²) < 4.78 is 5.54. The number of ketones is 1. The van der Waals surface area contributed by atoms with Crippen LogP contribution >= 0.6 is 0 Å². The lowest BCUT2D eigenvalue weighted by atomic mass is 10.0. The lowest BCUT2D eigenvalue weighted by molar-refractivity contribution is 0.103. The highest BCUT2D eigenvalue weighted by Gasteiger charge is 2.08. The fourth-order valence-corrected chi connectivity index (χ4v) is 1.71. The van der Waals surface area contributed by atoms with Crippen molar-refractivity contribution in [1.29, 1.82) is 0 Å². The molecule has 2 rings (SSSR count). The van der Waals surface area contributed by atoms with Gasteiger partial charge in [-0.15, -0.1) is 0 Å². The van der Waals surface area contributed by atoms with E-state index in [2.05, 4.69) is 0 Å². The Morgan fingerprint density at radius 2 is 1.44 bits per heavy atom. The number of rotatable bonds is 4. The van der Waals surface area contributed by atoms with Crippen molar-refractivity contribution in [2.24, 2.45) is 0 Å². The molecule has 0 aliphatic rings. The first kappa shape index (κ1) is 12.4. The number of benzene rings is 2. The average Bonchev–Trinajstić information content (AvgIpc) is 2.39.